The van der Waals surface area contributed by atoms with Gasteiger partial charge >= 0.3 is 0 Å². The molecular weight excluding hydrogens is 333 g/mol. The molecule has 0 radical (unpaired) electrons. The number of hydrogen-bond donors (Lipinski definition) is 0. The van der Waals surface area contributed by atoms with Crippen molar-refractivity contribution in [1.29, 1.82) is 0 Å². The first kappa shape index (κ1) is 16.3. The van der Waals surface area contributed by atoms with Crippen LogP contribution in [0.1, 0.15) is 21.7 Å². The van der Waals surface area contributed by atoms with Crippen molar-refractivity contribution in [2.24, 2.45) is 0 Å². The van der Waals surface area contributed by atoms with Gasteiger partial charge in [-0.25, -0.2) is 4.39 Å². The maximum atomic E-state index is 13.1. The molecule has 0 fully saturated rings. The van der Waals surface area contributed by atoms with Crippen LogP contribution in [0.5, 0.6) is 5.75 Å². The molecule has 0 atom stereocenters. The highest BCUT2D eigenvalue weighted by Gasteiger charge is 2.27. The third-order valence-corrected chi connectivity index (χ3v) is 4.34. The number of ether oxygens (including phenoxy) is 1. The highest BCUT2D eigenvalue weighted by molar-refractivity contribution is 6.05. The van der Waals surface area contributed by atoms with Crippen LogP contribution in [-0.4, -0.2) is 22.2 Å². The molecule has 5 nitrogen and oxygen atoms in total. The molecular formula is C20H18FN3O2. The maximum Gasteiger partial charge on any atom is 0.276 e. The van der Waals surface area contributed by atoms with E-state index in [9.17, 15) is 9.18 Å². The van der Waals surface area contributed by atoms with Crippen molar-refractivity contribution in [3.8, 4) is 5.75 Å². The Morgan fingerprint density at radius 3 is 2.69 bits per heavy atom. The quantitative estimate of drug-likeness (QED) is 0.722. The number of hydrogen-bond acceptors (Lipinski definition) is 3. The van der Waals surface area contributed by atoms with E-state index in [1.165, 1.54) is 12.1 Å². The third kappa shape index (κ3) is 3.18. The molecule has 0 N–H and O–H groups in total. The topological polar surface area (TPSA) is 47.4 Å². The number of carbonyl (C=O) groups is 1. The number of carbonyl (C=O) groups excluding carboxylic acids is 1. The van der Waals surface area contributed by atoms with Gasteiger partial charge < -0.3 is 9.64 Å². The molecule has 0 saturated heterocycles. The zero-order chi connectivity index (χ0) is 18.1. The van der Waals surface area contributed by atoms with E-state index in [0.717, 1.165) is 11.3 Å². The molecule has 1 aliphatic rings. The Kier molecular flexibility index (Phi) is 4.16. The normalized spacial score (nSPS) is 13.6. The van der Waals surface area contributed by atoms with Crippen LogP contribution < -0.4 is 9.64 Å². The molecule has 26 heavy (non-hydrogen) atoms. The van der Waals surface area contributed by atoms with E-state index in [4.69, 9.17) is 4.74 Å². The van der Waals surface area contributed by atoms with E-state index >= 15 is 0 Å². The molecule has 1 amide bonds. The van der Waals surface area contributed by atoms with Crippen molar-refractivity contribution >= 4 is 11.6 Å². The van der Waals surface area contributed by atoms with Crippen LogP contribution in [0.25, 0.3) is 0 Å². The molecule has 0 aliphatic carbocycles. The van der Waals surface area contributed by atoms with Gasteiger partial charge in [-0.15, -0.1) is 0 Å². The van der Waals surface area contributed by atoms with Crippen molar-refractivity contribution in [3.63, 3.8) is 0 Å². The molecule has 6 heteroatoms. The van der Waals surface area contributed by atoms with Gasteiger partial charge in [-0.05, 0) is 55.0 Å². The number of aromatic nitrogens is 2. The van der Waals surface area contributed by atoms with Crippen LogP contribution in [0.3, 0.4) is 0 Å². The molecule has 0 bridgehead atoms. The van der Waals surface area contributed by atoms with Crippen LogP contribution in [0.4, 0.5) is 10.1 Å². The minimum absolute atomic E-state index is 0.142. The van der Waals surface area contributed by atoms with Gasteiger partial charge in [-0.2, -0.15) is 5.10 Å². The predicted octanol–water partition coefficient (Wildman–Crippen LogP) is 3.57. The minimum Gasteiger partial charge on any atom is -0.487 e. The first-order valence-electron chi connectivity index (χ1n) is 8.44. The molecule has 132 valence electrons. The molecule has 0 unspecified atom stereocenters. The number of rotatable bonds is 4. The SMILES string of the molecule is Cc1cccc(OCc2cc3n(n2)CCN(c2ccc(F)cc2)C3=O)c1. The summed E-state index contributed by atoms with van der Waals surface area (Å²) in [5, 5.41) is 4.47. The van der Waals surface area contributed by atoms with Crippen molar-refractivity contribution in [3.05, 3.63) is 77.4 Å². The minimum atomic E-state index is -0.321. The number of fused-ring (bicyclic) bond motifs is 1. The second-order valence-electron chi connectivity index (χ2n) is 6.28. The van der Waals surface area contributed by atoms with Crippen LogP contribution in [0.2, 0.25) is 0 Å². The lowest BCUT2D eigenvalue weighted by atomic mass is 10.2. The molecule has 0 saturated carbocycles. The number of benzene rings is 2. The van der Waals surface area contributed by atoms with Crippen molar-refractivity contribution in [2.45, 2.75) is 20.1 Å². The first-order valence-corrected chi connectivity index (χ1v) is 8.44. The summed E-state index contributed by atoms with van der Waals surface area (Å²) in [6.07, 6.45) is 0. The van der Waals surface area contributed by atoms with Crippen molar-refractivity contribution in [1.82, 2.24) is 9.78 Å². The molecule has 3 aromatic rings. The largest absolute Gasteiger partial charge is 0.487 e. The Morgan fingerprint density at radius 1 is 1.12 bits per heavy atom. The lowest BCUT2D eigenvalue weighted by molar-refractivity contribution is 0.0962. The molecule has 1 aromatic heterocycles. The van der Waals surface area contributed by atoms with Gasteiger partial charge in [0.2, 0.25) is 0 Å². The predicted molar refractivity (Wildman–Crippen MR) is 95.8 cm³/mol. The lowest BCUT2D eigenvalue weighted by Crippen LogP contribution is -2.40. The molecule has 2 aromatic carbocycles. The molecule has 0 spiro atoms. The summed E-state index contributed by atoms with van der Waals surface area (Å²) in [7, 11) is 0. The fraction of sp³-hybridized carbons (Fsp3) is 0.200. The van der Waals surface area contributed by atoms with Crippen LogP contribution >= 0.6 is 0 Å². The average Bonchev–Trinajstić information content (AvgIpc) is 3.06. The summed E-state index contributed by atoms with van der Waals surface area (Å²) in [5.41, 5.74) is 3.03. The third-order valence-electron chi connectivity index (χ3n) is 4.34. The number of anilines is 1. The Hall–Kier alpha value is -3.15. The Bertz CT molecular complexity index is 950. The first-order chi connectivity index (χ1) is 12.6. The monoisotopic (exact) mass is 351 g/mol. The maximum absolute atomic E-state index is 13.1. The fourth-order valence-corrected chi connectivity index (χ4v) is 3.05. The van der Waals surface area contributed by atoms with Crippen LogP contribution in [-0.2, 0) is 13.2 Å². The number of halogens is 1. The molecule has 4 rings (SSSR count). The van der Waals surface area contributed by atoms with E-state index in [1.807, 2.05) is 31.2 Å². The van der Waals surface area contributed by atoms with Gasteiger partial charge in [0, 0.05) is 12.2 Å². The van der Waals surface area contributed by atoms with Crippen molar-refractivity contribution < 1.29 is 13.9 Å². The van der Waals surface area contributed by atoms with E-state index in [1.54, 1.807) is 27.8 Å². The summed E-state index contributed by atoms with van der Waals surface area (Å²) in [5.74, 6) is 0.311. The molecule has 2 heterocycles. The van der Waals surface area contributed by atoms with Crippen LogP contribution in [0.15, 0.2) is 54.6 Å². The van der Waals surface area contributed by atoms with Gasteiger partial charge in [0.25, 0.3) is 5.91 Å². The lowest BCUT2D eigenvalue weighted by Gasteiger charge is -2.27. The van der Waals surface area contributed by atoms with Gasteiger partial charge in [0.1, 0.15) is 29.6 Å². The van der Waals surface area contributed by atoms with E-state index in [2.05, 4.69) is 5.10 Å². The fourth-order valence-electron chi connectivity index (χ4n) is 3.05. The number of aryl methyl sites for hydroxylation is 1. The summed E-state index contributed by atoms with van der Waals surface area (Å²) >= 11 is 0. The highest BCUT2D eigenvalue weighted by Crippen LogP contribution is 2.22. The standard InChI is InChI=1S/C20H18FN3O2/c1-14-3-2-4-18(11-14)26-13-16-12-19-20(25)23(9-10-24(19)22-16)17-7-5-15(21)6-8-17/h2-8,11-12H,9-10,13H2,1H3. The van der Waals surface area contributed by atoms with Crippen molar-refractivity contribution in [2.75, 3.05) is 11.4 Å². The zero-order valence-corrected chi connectivity index (χ0v) is 14.4. The smallest absolute Gasteiger partial charge is 0.276 e. The van der Waals surface area contributed by atoms with E-state index in [-0.39, 0.29) is 11.7 Å². The summed E-state index contributed by atoms with van der Waals surface area (Å²) in [6, 6.07) is 15.5. The van der Waals surface area contributed by atoms with Gasteiger partial charge in [-0.1, -0.05) is 12.1 Å². The second kappa shape index (κ2) is 6.63. The van der Waals surface area contributed by atoms with E-state index < -0.39 is 0 Å². The Morgan fingerprint density at radius 2 is 1.92 bits per heavy atom. The van der Waals surface area contributed by atoms with E-state index in [0.29, 0.717) is 36.8 Å². The van der Waals surface area contributed by atoms with Gasteiger partial charge in [0.05, 0.1) is 6.54 Å². The average molecular weight is 351 g/mol. The molecule has 1 aliphatic heterocycles. The number of amides is 1. The van der Waals surface area contributed by atoms with Gasteiger partial charge in [0.15, 0.2) is 0 Å². The van der Waals surface area contributed by atoms with Gasteiger partial charge in [-0.3, -0.25) is 9.48 Å². The Labute approximate surface area is 150 Å². The summed E-state index contributed by atoms with van der Waals surface area (Å²) < 4.78 is 20.6. The van der Waals surface area contributed by atoms with Crippen LogP contribution in [0, 0.1) is 12.7 Å². The summed E-state index contributed by atoms with van der Waals surface area (Å²) in [6.45, 7) is 3.39. The zero-order valence-electron chi connectivity index (χ0n) is 14.4. The summed E-state index contributed by atoms with van der Waals surface area (Å²) in [4.78, 5) is 14.4. The Balaban J connectivity index is 1.51. The highest BCUT2D eigenvalue weighted by atomic mass is 19.1. The second-order valence-corrected chi connectivity index (χ2v) is 6.28. The number of nitrogens with zero attached hydrogens (tertiary/aromatic N) is 3.